The van der Waals surface area contributed by atoms with Gasteiger partial charge in [0.2, 0.25) is 5.69 Å². The van der Waals surface area contributed by atoms with Crippen molar-refractivity contribution in [2.24, 2.45) is 4.99 Å². The molecule has 0 spiro atoms. The van der Waals surface area contributed by atoms with Crippen molar-refractivity contribution in [1.82, 2.24) is 10.3 Å². The van der Waals surface area contributed by atoms with Gasteiger partial charge in [-0.1, -0.05) is 42.5 Å². The lowest BCUT2D eigenvalue weighted by Crippen LogP contribution is -2.37. The molecule has 3 rings (SSSR count). The van der Waals surface area contributed by atoms with E-state index in [-0.39, 0.29) is 29.7 Å². The fourth-order valence-corrected chi connectivity index (χ4v) is 3.47. The second-order valence-electron chi connectivity index (χ2n) is 9.20. The molecule has 9 nitrogen and oxygen atoms in total. The van der Waals surface area contributed by atoms with Crippen molar-refractivity contribution in [3.63, 3.8) is 0 Å². The zero-order chi connectivity index (χ0) is 30.2. The van der Waals surface area contributed by atoms with Gasteiger partial charge in [-0.2, -0.15) is 0 Å². The van der Waals surface area contributed by atoms with Crippen LogP contribution in [-0.4, -0.2) is 42.6 Å². The minimum atomic E-state index is -2.61. The monoisotopic (exact) mass is 517 g/mol. The number of carbonyl (C=O) groups excluding carboxylic acids is 2. The third-order valence-electron chi connectivity index (χ3n) is 5.16. The first kappa shape index (κ1) is 23.7. The number of aromatic nitrogens is 1. The lowest BCUT2D eigenvalue weighted by atomic mass is 9.96. The van der Waals surface area contributed by atoms with Gasteiger partial charge in [-0.05, 0) is 55.7 Å². The number of pyridine rings is 1. The summed E-state index contributed by atoms with van der Waals surface area (Å²) in [6.07, 6.45) is 0.646. The van der Waals surface area contributed by atoms with Crippen LogP contribution in [0.3, 0.4) is 0 Å². The van der Waals surface area contributed by atoms with Gasteiger partial charge in [0.05, 0.1) is 24.8 Å². The fourth-order valence-electron chi connectivity index (χ4n) is 3.47. The second-order valence-corrected chi connectivity index (χ2v) is 9.20. The largest absolute Gasteiger partial charge is 0.497 e. The summed E-state index contributed by atoms with van der Waals surface area (Å²) < 4.78 is 37.6. The van der Waals surface area contributed by atoms with Crippen molar-refractivity contribution in [1.29, 1.82) is 0 Å². The van der Waals surface area contributed by atoms with E-state index in [4.69, 9.17) is 24.9 Å². The highest BCUT2D eigenvalue weighted by Crippen LogP contribution is 2.29. The smallest absolute Gasteiger partial charge is 0.415 e. The highest BCUT2D eigenvalue weighted by molar-refractivity contribution is 5.96. The minimum Gasteiger partial charge on any atom is -0.497 e. The molecular formula is C29H30N4O5. The number of hydrogen-bond acceptors (Lipinski definition) is 7. The first-order valence-corrected chi connectivity index (χ1v) is 11.6. The number of benzene rings is 2. The molecule has 1 N–H and O–H groups in total. The van der Waals surface area contributed by atoms with Crippen LogP contribution in [0, 0.1) is 6.57 Å². The summed E-state index contributed by atoms with van der Waals surface area (Å²) in [7, 11) is -1.26. The van der Waals surface area contributed by atoms with Crippen molar-refractivity contribution in [3.8, 4) is 5.75 Å². The minimum absolute atomic E-state index is 0.0489. The van der Waals surface area contributed by atoms with Crippen LogP contribution in [0.25, 0.3) is 4.85 Å². The highest BCUT2D eigenvalue weighted by atomic mass is 16.6. The normalized spacial score (nSPS) is 13.7. The Morgan fingerprint density at radius 2 is 1.89 bits per heavy atom. The van der Waals surface area contributed by atoms with Crippen LogP contribution in [0.4, 0.5) is 10.5 Å². The molecule has 38 heavy (non-hydrogen) atoms. The Morgan fingerprint density at radius 3 is 2.50 bits per heavy atom. The summed E-state index contributed by atoms with van der Waals surface area (Å²) in [6.45, 7) is 12.2. The van der Waals surface area contributed by atoms with E-state index < -0.39 is 24.8 Å². The number of methoxy groups -OCH3 is 2. The van der Waals surface area contributed by atoms with Crippen LogP contribution >= 0.6 is 0 Å². The van der Waals surface area contributed by atoms with Crippen LogP contribution in [0.15, 0.2) is 71.9 Å². The van der Waals surface area contributed by atoms with E-state index in [1.165, 1.54) is 37.6 Å². The summed E-state index contributed by atoms with van der Waals surface area (Å²) in [6, 6.07) is 15.7. The van der Waals surface area contributed by atoms with E-state index in [2.05, 4.69) is 20.1 Å². The highest BCUT2D eigenvalue weighted by Gasteiger charge is 2.21. The maximum atomic E-state index is 12.9. The molecule has 1 aromatic heterocycles. The van der Waals surface area contributed by atoms with Crippen molar-refractivity contribution >= 4 is 23.6 Å². The maximum absolute atomic E-state index is 12.9. The summed E-state index contributed by atoms with van der Waals surface area (Å²) in [4.78, 5) is 37.2. The Bertz CT molecular complexity index is 1440. The molecule has 9 heteroatoms. The number of nitrogens with zero attached hydrogens (tertiary/aromatic N) is 3. The van der Waals surface area contributed by atoms with Gasteiger partial charge >= 0.3 is 6.09 Å². The molecule has 196 valence electrons. The van der Waals surface area contributed by atoms with Crippen molar-refractivity contribution in [2.45, 2.75) is 38.8 Å². The van der Waals surface area contributed by atoms with Crippen LogP contribution < -0.4 is 10.1 Å². The van der Waals surface area contributed by atoms with Gasteiger partial charge in [-0.25, -0.2) is 19.9 Å². The Labute approximate surface area is 226 Å². The summed E-state index contributed by atoms with van der Waals surface area (Å²) >= 11 is 0. The number of nitrogens with one attached hydrogen (secondary N) is 1. The summed E-state index contributed by atoms with van der Waals surface area (Å²) in [5.74, 6) is -0.0829. The maximum Gasteiger partial charge on any atom is 0.415 e. The number of carbonyl (C=O) groups is 2. The number of rotatable bonds is 7. The van der Waals surface area contributed by atoms with E-state index >= 15 is 0 Å². The average Bonchev–Trinajstić information content (AvgIpc) is 2.90. The number of amidine groups is 1. The third kappa shape index (κ3) is 7.90. The first-order chi connectivity index (χ1) is 19.3. The molecule has 0 saturated heterocycles. The molecule has 0 aliphatic rings. The Hall–Kier alpha value is -4.71. The molecular weight excluding hydrogens is 484 g/mol. The third-order valence-corrected chi connectivity index (χ3v) is 5.16. The number of ketones is 1. The molecule has 0 radical (unpaired) electrons. The zero-order valence-corrected chi connectivity index (χ0v) is 21.5. The molecule has 1 amide bonds. The predicted octanol–water partition coefficient (Wildman–Crippen LogP) is 5.68. The van der Waals surface area contributed by atoms with Crippen LogP contribution in [0.2, 0.25) is 0 Å². The van der Waals surface area contributed by atoms with Crippen molar-refractivity contribution in [2.75, 3.05) is 14.1 Å². The van der Waals surface area contributed by atoms with Gasteiger partial charge in [0, 0.05) is 12.6 Å². The predicted molar refractivity (Wildman–Crippen MR) is 144 cm³/mol. The van der Waals surface area contributed by atoms with E-state index in [1.807, 2.05) is 0 Å². The van der Waals surface area contributed by atoms with Crippen LogP contribution in [0.5, 0.6) is 5.75 Å². The van der Waals surface area contributed by atoms with E-state index in [9.17, 15) is 9.59 Å². The molecule has 0 aliphatic heterocycles. The molecule has 1 heterocycles. The number of aliphatic imine (C=N–C) groups is 1. The second kappa shape index (κ2) is 12.5. The molecule has 0 aliphatic carbocycles. The van der Waals surface area contributed by atoms with Gasteiger partial charge in [0.1, 0.15) is 23.1 Å². The lowest BCUT2D eigenvalue weighted by molar-refractivity contribution is 0.0551. The van der Waals surface area contributed by atoms with Gasteiger partial charge in [0.15, 0.2) is 5.78 Å². The molecule has 2 aromatic carbocycles. The van der Waals surface area contributed by atoms with Gasteiger partial charge < -0.3 is 14.2 Å². The molecule has 3 aromatic rings. The topological polar surface area (TPSA) is 103 Å². The van der Waals surface area contributed by atoms with Crippen molar-refractivity contribution < 1.29 is 27.9 Å². The first-order valence-electron chi connectivity index (χ1n) is 13.1. The number of hydrogen-bond donors (Lipinski definition) is 1. The number of Topliss-reactive ketones (excluding diaryl/α,β-unsaturated/α-hetero) is 1. The van der Waals surface area contributed by atoms with Gasteiger partial charge in [-0.3, -0.25) is 9.78 Å². The molecule has 1 atom stereocenters. The quantitative estimate of drug-likeness (QED) is 0.187. The van der Waals surface area contributed by atoms with E-state index in [0.717, 1.165) is 0 Å². The zero-order valence-electron chi connectivity index (χ0n) is 24.5. The molecule has 0 saturated carbocycles. The fraction of sp³-hybridized carbons (Fsp3) is 0.276. The lowest BCUT2D eigenvalue weighted by Gasteiger charge is -2.21. The van der Waals surface area contributed by atoms with Gasteiger partial charge in [-0.15, -0.1) is 0 Å². The SMILES string of the molecule is [2H]C([2H])([2H])Oc1ccc(C(N=C(NC(=O)OC(C)(C)C)OC)c2cccc(CC(=O)c3ccc([N+]#[C-])cn3)c2)cc1. The number of amides is 1. The molecule has 0 bridgehead atoms. The number of alkyl carbamates (subject to hydrolysis) is 1. The van der Waals surface area contributed by atoms with Crippen molar-refractivity contribution in [3.05, 3.63) is 101 Å². The van der Waals surface area contributed by atoms with E-state index in [1.54, 1.807) is 57.2 Å². The Balaban J connectivity index is 1.96. The molecule has 0 fully saturated rings. The van der Waals surface area contributed by atoms with Gasteiger partial charge in [0.25, 0.3) is 6.02 Å². The Morgan fingerprint density at radius 1 is 1.13 bits per heavy atom. The van der Waals surface area contributed by atoms with Crippen LogP contribution in [0.1, 0.15) is 58.1 Å². The standard InChI is InChI=1S/C29H30N4O5/c1-29(2,3)38-28(35)33-27(37-6)32-26(20-10-13-23(36-5)14-11-20)21-9-7-8-19(16-21)17-25(34)24-15-12-22(30-4)18-31-24/h7-16,18,26H,17H2,1-3,5-6H3,(H,32,33,35)/i5D3. The Kier molecular flexibility index (Phi) is 7.79. The number of ether oxygens (including phenoxy) is 3. The summed E-state index contributed by atoms with van der Waals surface area (Å²) in [5, 5.41) is 2.50. The van der Waals surface area contributed by atoms with Crippen LogP contribution in [-0.2, 0) is 15.9 Å². The molecule has 1 unspecified atom stereocenters. The average molecular weight is 518 g/mol. The summed E-state index contributed by atoms with van der Waals surface area (Å²) in [5.41, 5.74) is 1.82. The van der Waals surface area contributed by atoms with E-state index in [0.29, 0.717) is 22.4 Å².